The largest absolute Gasteiger partial charge is 0.496 e. The van der Waals surface area contributed by atoms with Crippen molar-refractivity contribution in [2.45, 2.75) is 6.54 Å². The molecule has 0 radical (unpaired) electrons. The van der Waals surface area contributed by atoms with E-state index in [1.54, 1.807) is 12.1 Å². The zero-order chi connectivity index (χ0) is 21.8. The molecule has 2 aromatic carbocycles. The Morgan fingerprint density at radius 1 is 0.967 bits per heavy atom. The summed E-state index contributed by atoms with van der Waals surface area (Å²) in [5, 5.41) is 2.14. The minimum Gasteiger partial charge on any atom is -0.496 e. The lowest BCUT2D eigenvalue weighted by Gasteiger charge is -2.26. The molecule has 1 N–H and O–H groups in total. The summed E-state index contributed by atoms with van der Waals surface area (Å²) < 4.78 is 29.0. The highest BCUT2D eigenvalue weighted by molar-refractivity contribution is 6.31. The summed E-state index contributed by atoms with van der Waals surface area (Å²) in [4.78, 5) is 38.4. The molecule has 1 fully saturated rings. The second-order valence-corrected chi connectivity index (χ2v) is 6.28. The molecule has 1 aliphatic rings. The lowest BCUT2D eigenvalue weighted by Crippen LogP contribution is -2.53. The number of methoxy groups -OCH3 is 3. The quantitative estimate of drug-likeness (QED) is 0.577. The van der Waals surface area contributed by atoms with Crippen LogP contribution in [0.5, 0.6) is 17.2 Å². The summed E-state index contributed by atoms with van der Waals surface area (Å²) in [6, 6.07) is 7.62. The van der Waals surface area contributed by atoms with Crippen molar-refractivity contribution >= 4 is 23.9 Å². The molecule has 30 heavy (non-hydrogen) atoms. The Hall–Kier alpha value is -3.88. The summed E-state index contributed by atoms with van der Waals surface area (Å²) in [6.45, 7) is -0.132. The van der Waals surface area contributed by atoms with E-state index in [0.717, 1.165) is 4.90 Å². The van der Waals surface area contributed by atoms with Crippen molar-refractivity contribution in [3.8, 4) is 17.2 Å². The minimum atomic E-state index is -0.861. The highest BCUT2D eigenvalue weighted by atomic mass is 19.1. The summed E-state index contributed by atoms with van der Waals surface area (Å²) in [7, 11) is 4.32. The Kier molecular flexibility index (Phi) is 6.01. The van der Waals surface area contributed by atoms with E-state index in [-0.39, 0.29) is 12.1 Å². The molecule has 8 nitrogen and oxygen atoms in total. The fraction of sp³-hybridized carbons (Fsp3) is 0.190. The van der Waals surface area contributed by atoms with Crippen LogP contribution in [0.3, 0.4) is 0 Å². The number of nitrogens with zero attached hydrogens (tertiary/aromatic N) is 1. The van der Waals surface area contributed by atoms with Gasteiger partial charge in [-0.15, -0.1) is 0 Å². The third-order valence-electron chi connectivity index (χ3n) is 4.48. The second-order valence-electron chi connectivity index (χ2n) is 6.28. The van der Waals surface area contributed by atoms with Gasteiger partial charge in [0.25, 0.3) is 11.8 Å². The predicted octanol–water partition coefficient (Wildman–Crippen LogP) is 2.51. The van der Waals surface area contributed by atoms with Crippen molar-refractivity contribution in [2.75, 3.05) is 21.3 Å². The van der Waals surface area contributed by atoms with Crippen LogP contribution in [-0.2, 0) is 16.1 Å². The maximum absolute atomic E-state index is 13.1. The number of ether oxygens (including phenoxy) is 3. The number of benzene rings is 2. The first kappa shape index (κ1) is 20.8. The van der Waals surface area contributed by atoms with Gasteiger partial charge in [-0.1, -0.05) is 12.1 Å². The van der Waals surface area contributed by atoms with Gasteiger partial charge < -0.3 is 14.2 Å². The van der Waals surface area contributed by atoms with Gasteiger partial charge in [-0.05, 0) is 23.8 Å². The van der Waals surface area contributed by atoms with Crippen molar-refractivity contribution in [1.82, 2.24) is 10.2 Å². The number of urea groups is 1. The number of carbonyl (C=O) groups excluding carboxylic acids is 3. The van der Waals surface area contributed by atoms with Gasteiger partial charge in [-0.2, -0.15) is 0 Å². The van der Waals surface area contributed by atoms with Crippen LogP contribution in [0, 0.1) is 5.82 Å². The van der Waals surface area contributed by atoms with Crippen LogP contribution in [0.4, 0.5) is 9.18 Å². The molecule has 1 saturated heterocycles. The van der Waals surface area contributed by atoms with Gasteiger partial charge in [0.1, 0.15) is 28.6 Å². The van der Waals surface area contributed by atoms with Crippen LogP contribution in [-0.4, -0.2) is 44.1 Å². The average Bonchev–Trinajstić information content (AvgIpc) is 2.74. The van der Waals surface area contributed by atoms with Gasteiger partial charge in [0.05, 0.1) is 33.4 Å². The smallest absolute Gasteiger partial charge is 0.331 e. The maximum atomic E-state index is 13.1. The average molecular weight is 414 g/mol. The molecule has 1 heterocycles. The predicted molar refractivity (Wildman–Crippen MR) is 105 cm³/mol. The van der Waals surface area contributed by atoms with Crippen molar-refractivity contribution in [3.63, 3.8) is 0 Å². The fourth-order valence-electron chi connectivity index (χ4n) is 2.93. The first-order valence-electron chi connectivity index (χ1n) is 8.81. The number of hydrogen-bond donors (Lipinski definition) is 1. The van der Waals surface area contributed by atoms with Gasteiger partial charge in [-0.3, -0.25) is 19.8 Å². The topological polar surface area (TPSA) is 94.2 Å². The van der Waals surface area contributed by atoms with E-state index in [1.807, 2.05) is 0 Å². The van der Waals surface area contributed by atoms with Crippen molar-refractivity contribution in [2.24, 2.45) is 0 Å². The molecule has 0 aliphatic carbocycles. The SMILES string of the molecule is COc1cc(OC)c(/C=C2\C(=O)NC(=O)N(Cc3ccc(F)cc3)C2=O)c(OC)c1. The molecule has 0 unspecified atom stereocenters. The molecule has 0 bridgehead atoms. The van der Waals surface area contributed by atoms with Gasteiger partial charge in [0.2, 0.25) is 0 Å². The fourth-order valence-corrected chi connectivity index (χ4v) is 2.93. The Morgan fingerprint density at radius 2 is 1.57 bits per heavy atom. The van der Waals surface area contributed by atoms with Crippen LogP contribution < -0.4 is 19.5 Å². The lowest BCUT2D eigenvalue weighted by molar-refractivity contribution is -0.130. The summed E-state index contributed by atoms with van der Waals surface area (Å²) >= 11 is 0. The molecule has 0 atom stereocenters. The van der Waals surface area contributed by atoms with Crippen molar-refractivity contribution in [1.29, 1.82) is 0 Å². The number of halogens is 1. The monoisotopic (exact) mass is 414 g/mol. The number of rotatable bonds is 6. The first-order valence-corrected chi connectivity index (χ1v) is 8.81. The van der Waals surface area contributed by atoms with E-state index in [4.69, 9.17) is 14.2 Å². The van der Waals surface area contributed by atoms with Crippen LogP contribution in [0.2, 0.25) is 0 Å². The number of hydrogen-bond acceptors (Lipinski definition) is 6. The van der Waals surface area contributed by atoms with Gasteiger partial charge >= 0.3 is 6.03 Å². The maximum Gasteiger partial charge on any atom is 0.331 e. The zero-order valence-corrected chi connectivity index (χ0v) is 16.5. The molecule has 1 aliphatic heterocycles. The highest BCUT2D eigenvalue weighted by Crippen LogP contribution is 2.36. The standard InChI is InChI=1S/C21H19FN2O6/c1-28-14-8-17(29-2)15(18(9-14)30-3)10-16-19(25)23-21(27)24(20(16)26)11-12-4-6-13(22)7-5-12/h4-10H,11H2,1-3H3,(H,23,25,27)/b16-10+. The van der Waals surface area contributed by atoms with E-state index in [9.17, 15) is 18.8 Å². The molecule has 3 rings (SSSR count). The summed E-state index contributed by atoms with van der Waals surface area (Å²) in [6.07, 6.45) is 1.29. The minimum absolute atomic E-state index is 0.132. The molecule has 0 aromatic heterocycles. The molecule has 9 heteroatoms. The Balaban J connectivity index is 2.01. The van der Waals surface area contributed by atoms with Gasteiger partial charge in [-0.25, -0.2) is 9.18 Å². The molecule has 0 spiro atoms. The van der Waals surface area contributed by atoms with Gasteiger partial charge in [0, 0.05) is 12.1 Å². The van der Waals surface area contributed by atoms with Crippen LogP contribution >= 0.6 is 0 Å². The van der Waals surface area contributed by atoms with E-state index >= 15 is 0 Å². The molecule has 156 valence electrons. The first-order chi connectivity index (χ1) is 14.4. The Morgan fingerprint density at radius 3 is 2.10 bits per heavy atom. The van der Waals surface area contributed by atoms with Crippen LogP contribution in [0.25, 0.3) is 6.08 Å². The second kappa shape index (κ2) is 8.64. The molecular weight excluding hydrogens is 395 g/mol. The van der Waals surface area contributed by atoms with E-state index < -0.39 is 23.7 Å². The number of barbiturate groups is 1. The Labute approximate surface area is 171 Å². The number of nitrogens with one attached hydrogen (secondary N) is 1. The summed E-state index contributed by atoms with van der Waals surface area (Å²) in [5.74, 6) is -1.02. The third-order valence-corrected chi connectivity index (χ3v) is 4.48. The molecule has 4 amide bonds. The van der Waals surface area contributed by atoms with Crippen molar-refractivity contribution in [3.05, 3.63) is 58.9 Å². The van der Waals surface area contributed by atoms with E-state index in [1.165, 1.54) is 51.7 Å². The molecule has 2 aromatic rings. The number of imide groups is 2. The number of amides is 4. The summed E-state index contributed by atoms with van der Waals surface area (Å²) in [5.41, 5.74) is 0.571. The zero-order valence-electron chi connectivity index (χ0n) is 16.5. The normalized spacial score (nSPS) is 15.3. The molecular formula is C21H19FN2O6. The van der Waals surface area contributed by atoms with Crippen LogP contribution in [0.1, 0.15) is 11.1 Å². The molecule has 0 saturated carbocycles. The van der Waals surface area contributed by atoms with Crippen LogP contribution in [0.15, 0.2) is 42.0 Å². The van der Waals surface area contributed by atoms with E-state index in [2.05, 4.69) is 5.32 Å². The Bertz CT molecular complexity index is 1010. The lowest BCUT2D eigenvalue weighted by atomic mass is 10.0. The number of carbonyl (C=O) groups is 3. The third kappa shape index (κ3) is 4.09. The van der Waals surface area contributed by atoms with E-state index in [0.29, 0.717) is 28.4 Å². The van der Waals surface area contributed by atoms with Crippen molar-refractivity contribution < 1.29 is 33.0 Å². The highest BCUT2D eigenvalue weighted by Gasteiger charge is 2.36. The van der Waals surface area contributed by atoms with Gasteiger partial charge in [0.15, 0.2) is 0 Å².